The third-order valence-electron chi connectivity index (χ3n) is 5.27. The van der Waals surface area contributed by atoms with Gasteiger partial charge >= 0.3 is 0 Å². The fraction of sp³-hybridized carbons (Fsp3) is 0.125. The predicted octanol–water partition coefficient (Wildman–Crippen LogP) is 5.85. The summed E-state index contributed by atoms with van der Waals surface area (Å²) >= 11 is 0. The number of benzene rings is 3. The van der Waals surface area contributed by atoms with E-state index in [-0.39, 0.29) is 0 Å². The zero-order valence-electron chi connectivity index (χ0n) is 15.2. The highest BCUT2D eigenvalue weighted by molar-refractivity contribution is 6.10. The standard InChI is InChI=1S/C24H20NO/c1-15-8-9-25(3)22(10-15)19-14-24-20(11-16(19)2)21-12-17-6-4-5-7-18(17)13-23(21)26-24/h4-14H,1-3H3/q+1. The van der Waals surface area contributed by atoms with Gasteiger partial charge in [0, 0.05) is 22.9 Å². The second-order valence-electron chi connectivity index (χ2n) is 7.16. The Morgan fingerprint density at radius 1 is 0.769 bits per heavy atom. The fourth-order valence-electron chi connectivity index (χ4n) is 3.83. The van der Waals surface area contributed by atoms with E-state index in [0.717, 1.165) is 11.2 Å². The van der Waals surface area contributed by atoms with Crippen molar-refractivity contribution >= 4 is 32.7 Å². The molecule has 2 aromatic heterocycles. The summed E-state index contributed by atoms with van der Waals surface area (Å²) < 4.78 is 8.40. The molecule has 2 nitrogen and oxygen atoms in total. The maximum absolute atomic E-state index is 6.24. The van der Waals surface area contributed by atoms with Crippen molar-refractivity contribution in [2.45, 2.75) is 13.8 Å². The van der Waals surface area contributed by atoms with Crippen LogP contribution < -0.4 is 4.57 Å². The first kappa shape index (κ1) is 15.2. The fourth-order valence-corrected chi connectivity index (χ4v) is 3.83. The number of aromatic nitrogens is 1. The van der Waals surface area contributed by atoms with E-state index in [1.54, 1.807) is 0 Å². The Kier molecular flexibility index (Phi) is 3.17. The second kappa shape index (κ2) is 5.43. The molecule has 0 atom stereocenters. The van der Waals surface area contributed by atoms with Crippen molar-refractivity contribution in [2.24, 2.45) is 7.05 Å². The first-order valence-electron chi connectivity index (χ1n) is 8.92. The minimum absolute atomic E-state index is 0.942. The van der Waals surface area contributed by atoms with Crippen molar-refractivity contribution < 1.29 is 8.98 Å². The molecule has 126 valence electrons. The van der Waals surface area contributed by atoms with Gasteiger partial charge in [0.2, 0.25) is 5.69 Å². The van der Waals surface area contributed by atoms with E-state index in [1.807, 2.05) is 0 Å². The summed E-state index contributed by atoms with van der Waals surface area (Å²) in [4.78, 5) is 0. The molecule has 5 rings (SSSR count). The maximum atomic E-state index is 6.24. The highest BCUT2D eigenvalue weighted by atomic mass is 16.3. The van der Waals surface area contributed by atoms with Gasteiger partial charge < -0.3 is 4.42 Å². The molecule has 0 fully saturated rings. The summed E-state index contributed by atoms with van der Waals surface area (Å²) in [5.41, 5.74) is 6.83. The van der Waals surface area contributed by atoms with Crippen LogP contribution in [-0.2, 0) is 7.05 Å². The summed E-state index contributed by atoms with van der Waals surface area (Å²) in [6, 6.07) is 21.6. The SMILES string of the molecule is Cc1cc[n+](C)c(-c2cc3oc4cc5ccccc5cc4c3cc2C)c1. The van der Waals surface area contributed by atoms with Gasteiger partial charge in [0.1, 0.15) is 18.2 Å². The molecule has 0 saturated heterocycles. The van der Waals surface area contributed by atoms with Crippen LogP contribution in [0.5, 0.6) is 0 Å². The number of furan rings is 1. The minimum atomic E-state index is 0.942. The Bertz CT molecular complexity index is 1310. The van der Waals surface area contributed by atoms with E-state index in [2.05, 4.69) is 92.3 Å². The van der Waals surface area contributed by atoms with Crippen LogP contribution in [0.25, 0.3) is 44.0 Å². The highest BCUT2D eigenvalue weighted by Crippen LogP contribution is 2.35. The zero-order valence-corrected chi connectivity index (χ0v) is 15.2. The lowest BCUT2D eigenvalue weighted by molar-refractivity contribution is -0.660. The van der Waals surface area contributed by atoms with Gasteiger partial charge in [-0.05, 0) is 60.0 Å². The predicted molar refractivity (Wildman–Crippen MR) is 107 cm³/mol. The van der Waals surface area contributed by atoms with Gasteiger partial charge in [-0.2, -0.15) is 0 Å². The molecule has 0 unspecified atom stereocenters. The zero-order chi connectivity index (χ0) is 17.8. The van der Waals surface area contributed by atoms with Crippen LogP contribution in [0.2, 0.25) is 0 Å². The number of fused-ring (bicyclic) bond motifs is 4. The maximum Gasteiger partial charge on any atom is 0.212 e. The largest absolute Gasteiger partial charge is 0.456 e. The Morgan fingerprint density at radius 3 is 2.27 bits per heavy atom. The molecule has 2 heteroatoms. The summed E-state index contributed by atoms with van der Waals surface area (Å²) in [5.74, 6) is 0. The molecule has 3 aromatic carbocycles. The van der Waals surface area contributed by atoms with Gasteiger partial charge in [-0.3, -0.25) is 0 Å². The number of pyridine rings is 1. The van der Waals surface area contributed by atoms with Crippen molar-refractivity contribution in [1.29, 1.82) is 0 Å². The highest BCUT2D eigenvalue weighted by Gasteiger charge is 2.17. The third kappa shape index (κ3) is 2.22. The van der Waals surface area contributed by atoms with E-state index >= 15 is 0 Å². The molecule has 0 spiro atoms. The van der Waals surface area contributed by atoms with Gasteiger partial charge in [-0.25, -0.2) is 4.57 Å². The summed E-state index contributed by atoms with van der Waals surface area (Å²) in [7, 11) is 2.09. The topological polar surface area (TPSA) is 17.0 Å². The Labute approximate surface area is 152 Å². The van der Waals surface area contributed by atoms with Gasteiger partial charge in [0.15, 0.2) is 6.20 Å². The molecule has 0 aliphatic heterocycles. The average molecular weight is 338 g/mol. The van der Waals surface area contributed by atoms with E-state index in [1.165, 1.54) is 43.9 Å². The molecule has 0 N–H and O–H groups in total. The molecule has 0 bridgehead atoms. The number of aryl methyl sites for hydroxylation is 3. The van der Waals surface area contributed by atoms with Crippen molar-refractivity contribution in [2.75, 3.05) is 0 Å². The first-order valence-corrected chi connectivity index (χ1v) is 8.92. The third-order valence-corrected chi connectivity index (χ3v) is 5.27. The minimum Gasteiger partial charge on any atom is -0.456 e. The van der Waals surface area contributed by atoms with Crippen LogP contribution in [0.1, 0.15) is 11.1 Å². The molecule has 0 aliphatic rings. The van der Waals surface area contributed by atoms with Crippen LogP contribution in [0, 0.1) is 13.8 Å². The van der Waals surface area contributed by atoms with Gasteiger partial charge in [-0.1, -0.05) is 24.3 Å². The van der Waals surface area contributed by atoms with Crippen LogP contribution >= 0.6 is 0 Å². The Morgan fingerprint density at radius 2 is 1.46 bits per heavy atom. The summed E-state index contributed by atoms with van der Waals surface area (Å²) in [6.45, 7) is 4.31. The Hall–Kier alpha value is -3.13. The number of hydrogen-bond donors (Lipinski definition) is 0. The number of nitrogens with zero attached hydrogens (tertiary/aromatic N) is 1. The smallest absolute Gasteiger partial charge is 0.212 e. The van der Waals surface area contributed by atoms with Crippen molar-refractivity contribution in [3.8, 4) is 11.3 Å². The molecule has 0 radical (unpaired) electrons. The van der Waals surface area contributed by atoms with E-state index in [0.29, 0.717) is 0 Å². The van der Waals surface area contributed by atoms with Gasteiger partial charge in [0.25, 0.3) is 0 Å². The van der Waals surface area contributed by atoms with Crippen LogP contribution in [0.3, 0.4) is 0 Å². The molecular formula is C24H20NO+. The number of hydrogen-bond acceptors (Lipinski definition) is 1. The Balaban J connectivity index is 1.83. The molecule has 2 heterocycles. The van der Waals surface area contributed by atoms with E-state index < -0.39 is 0 Å². The molecule has 0 amide bonds. The van der Waals surface area contributed by atoms with Gasteiger partial charge in [0.05, 0.1) is 5.56 Å². The van der Waals surface area contributed by atoms with Crippen molar-refractivity contribution in [3.05, 3.63) is 78.0 Å². The van der Waals surface area contributed by atoms with Crippen LogP contribution in [-0.4, -0.2) is 0 Å². The molecule has 0 aliphatic carbocycles. The van der Waals surface area contributed by atoms with Gasteiger partial charge in [-0.15, -0.1) is 0 Å². The molecule has 5 aromatic rings. The van der Waals surface area contributed by atoms with E-state index in [4.69, 9.17) is 4.42 Å². The monoisotopic (exact) mass is 338 g/mol. The van der Waals surface area contributed by atoms with Crippen molar-refractivity contribution in [3.63, 3.8) is 0 Å². The first-order chi connectivity index (χ1) is 12.6. The van der Waals surface area contributed by atoms with Crippen LogP contribution in [0.15, 0.2) is 71.3 Å². The molecular weight excluding hydrogens is 318 g/mol. The summed E-state index contributed by atoms with van der Waals surface area (Å²) in [5, 5.41) is 4.82. The lowest BCUT2D eigenvalue weighted by atomic mass is 9.99. The van der Waals surface area contributed by atoms with Crippen molar-refractivity contribution in [1.82, 2.24) is 0 Å². The summed E-state index contributed by atoms with van der Waals surface area (Å²) in [6.07, 6.45) is 2.11. The second-order valence-corrected chi connectivity index (χ2v) is 7.16. The van der Waals surface area contributed by atoms with Crippen LogP contribution in [0.4, 0.5) is 0 Å². The normalized spacial score (nSPS) is 11.7. The molecule has 0 saturated carbocycles. The number of rotatable bonds is 1. The molecule has 26 heavy (non-hydrogen) atoms. The average Bonchev–Trinajstić information content (AvgIpc) is 2.97. The quantitative estimate of drug-likeness (QED) is 0.351. The lowest BCUT2D eigenvalue weighted by Gasteiger charge is -2.05. The lowest BCUT2D eigenvalue weighted by Crippen LogP contribution is -2.30. The van der Waals surface area contributed by atoms with E-state index in [9.17, 15) is 0 Å².